The molecule has 1 aliphatic carbocycles. The Morgan fingerprint density at radius 2 is 1.86 bits per heavy atom. The van der Waals surface area contributed by atoms with E-state index in [9.17, 15) is 4.79 Å². The predicted octanol–water partition coefficient (Wildman–Crippen LogP) is 1.14. The second-order valence-corrected chi connectivity index (χ2v) is 4.47. The van der Waals surface area contributed by atoms with Crippen LogP contribution in [0.2, 0.25) is 0 Å². The molecular formula is C11H20N2O. The van der Waals surface area contributed by atoms with Gasteiger partial charge in [-0.15, -0.1) is 0 Å². The highest BCUT2D eigenvalue weighted by atomic mass is 16.2. The molecule has 0 aromatic carbocycles. The molecule has 2 aliphatic rings. The van der Waals surface area contributed by atoms with Gasteiger partial charge in [-0.2, -0.15) is 0 Å². The zero-order chi connectivity index (χ0) is 9.80. The Kier molecular flexibility index (Phi) is 3.40. The van der Waals surface area contributed by atoms with E-state index >= 15 is 0 Å². The number of piperazine rings is 1. The maximum Gasteiger partial charge on any atom is 0.234 e. The van der Waals surface area contributed by atoms with Gasteiger partial charge in [0, 0.05) is 19.1 Å². The maximum absolute atomic E-state index is 11.2. The second kappa shape index (κ2) is 4.78. The Labute approximate surface area is 85.8 Å². The first-order valence-electron chi connectivity index (χ1n) is 5.87. The lowest BCUT2D eigenvalue weighted by atomic mass is 10.1. The molecule has 0 bridgehead atoms. The topological polar surface area (TPSA) is 32.3 Å². The van der Waals surface area contributed by atoms with Crippen molar-refractivity contribution in [3.05, 3.63) is 0 Å². The summed E-state index contributed by atoms with van der Waals surface area (Å²) in [5, 5.41) is 2.89. The summed E-state index contributed by atoms with van der Waals surface area (Å²) in [5.41, 5.74) is 0. The number of carbonyl (C=O) groups excluding carboxylic acids is 1. The second-order valence-electron chi connectivity index (χ2n) is 4.47. The number of hydrogen-bond donors (Lipinski definition) is 1. The van der Waals surface area contributed by atoms with E-state index in [1.54, 1.807) is 0 Å². The van der Waals surface area contributed by atoms with E-state index in [0.717, 1.165) is 13.1 Å². The van der Waals surface area contributed by atoms with E-state index in [1.165, 1.54) is 38.5 Å². The van der Waals surface area contributed by atoms with Gasteiger partial charge in [0.1, 0.15) is 0 Å². The first kappa shape index (κ1) is 9.97. The molecule has 0 spiro atoms. The first-order valence-corrected chi connectivity index (χ1v) is 5.87. The van der Waals surface area contributed by atoms with Crippen LogP contribution in [0.25, 0.3) is 0 Å². The highest BCUT2D eigenvalue weighted by molar-refractivity contribution is 5.78. The van der Waals surface area contributed by atoms with Gasteiger partial charge in [0.2, 0.25) is 5.91 Å². The third-order valence-electron chi connectivity index (χ3n) is 3.41. The molecule has 1 N–H and O–H groups in total. The lowest BCUT2D eigenvalue weighted by Gasteiger charge is -2.33. The standard InChI is InChI=1S/C11H20N2O/c14-11-9-13(8-7-12-11)10-5-3-1-2-4-6-10/h10H,1-9H2,(H,12,14). The molecule has 3 heteroatoms. The Morgan fingerprint density at radius 1 is 1.14 bits per heavy atom. The van der Waals surface area contributed by atoms with Crippen LogP contribution in [-0.2, 0) is 4.79 Å². The Balaban J connectivity index is 1.88. The van der Waals surface area contributed by atoms with Gasteiger partial charge in [0.05, 0.1) is 6.54 Å². The van der Waals surface area contributed by atoms with Gasteiger partial charge in [-0.3, -0.25) is 9.69 Å². The molecule has 1 heterocycles. The summed E-state index contributed by atoms with van der Waals surface area (Å²) in [6.45, 7) is 2.52. The van der Waals surface area contributed by atoms with Gasteiger partial charge in [-0.1, -0.05) is 25.7 Å². The normalized spacial score (nSPS) is 27.0. The highest BCUT2D eigenvalue weighted by Crippen LogP contribution is 2.21. The summed E-state index contributed by atoms with van der Waals surface area (Å²) >= 11 is 0. The summed E-state index contributed by atoms with van der Waals surface area (Å²) in [4.78, 5) is 13.6. The van der Waals surface area contributed by atoms with Gasteiger partial charge >= 0.3 is 0 Å². The van der Waals surface area contributed by atoms with E-state index in [-0.39, 0.29) is 5.91 Å². The molecule has 0 radical (unpaired) electrons. The van der Waals surface area contributed by atoms with Crippen molar-refractivity contribution < 1.29 is 4.79 Å². The molecule has 0 aromatic rings. The third-order valence-corrected chi connectivity index (χ3v) is 3.41. The Hall–Kier alpha value is -0.570. The van der Waals surface area contributed by atoms with Crippen LogP contribution < -0.4 is 5.32 Å². The summed E-state index contributed by atoms with van der Waals surface area (Å²) < 4.78 is 0. The minimum absolute atomic E-state index is 0.209. The van der Waals surface area contributed by atoms with E-state index in [1.807, 2.05) is 0 Å². The van der Waals surface area contributed by atoms with Crippen LogP contribution in [0.3, 0.4) is 0 Å². The van der Waals surface area contributed by atoms with E-state index in [4.69, 9.17) is 0 Å². The fraction of sp³-hybridized carbons (Fsp3) is 0.909. The van der Waals surface area contributed by atoms with Crippen molar-refractivity contribution >= 4 is 5.91 Å². The highest BCUT2D eigenvalue weighted by Gasteiger charge is 2.24. The molecule has 3 nitrogen and oxygen atoms in total. The largest absolute Gasteiger partial charge is 0.354 e. The zero-order valence-electron chi connectivity index (χ0n) is 8.80. The monoisotopic (exact) mass is 196 g/mol. The SMILES string of the molecule is O=C1CN(C2CCCCCC2)CCN1. The van der Waals surface area contributed by atoms with Crippen molar-refractivity contribution in [1.82, 2.24) is 10.2 Å². The number of carbonyl (C=O) groups is 1. The van der Waals surface area contributed by atoms with Crippen molar-refractivity contribution in [3.8, 4) is 0 Å². The number of nitrogens with one attached hydrogen (secondary N) is 1. The van der Waals surface area contributed by atoms with Gasteiger partial charge in [-0.05, 0) is 12.8 Å². The number of amides is 1. The first-order chi connectivity index (χ1) is 6.86. The average Bonchev–Trinajstić information content (AvgIpc) is 2.45. The number of hydrogen-bond acceptors (Lipinski definition) is 2. The molecule has 0 unspecified atom stereocenters. The minimum Gasteiger partial charge on any atom is -0.354 e. The van der Waals surface area contributed by atoms with Crippen molar-refractivity contribution in [2.45, 2.75) is 44.6 Å². The van der Waals surface area contributed by atoms with Crippen LogP contribution in [0.5, 0.6) is 0 Å². The molecule has 80 valence electrons. The molecule has 1 saturated carbocycles. The van der Waals surface area contributed by atoms with Crippen molar-refractivity contribution in [3.63, 3.8) is 0 Å². The average molecular weight is 196 g/mol. The molecule has 1 aliphatic heterocycles. The van der Waals surface area contributed by atoms with E-state index < -0.39 is 0 Å². The van der Waals surface area contributed by atoms with Crippen LogP contribution in [0, 0.1) is 0 Å². The zero-order valence-corrected chi connectivity index (χ0v) is 8.80. The van der Waals surface area contributed by atoms with Crippen molar-refractivity contribution in [2.75, 3.05) is 19.6 Å². The van der Waals surface area contributed by atoms with Crippen molar-refractivity contribution in [2.24, 2.45) is 0 Å². The molecule has 0 atom stereocenters. The predicted molar refractivity (Wildman–Crippen MR) is 56.1 cm³/mol. The fourth-order valence-electron chi connectivity index (χ4n) is 2.59. The van der Waals surface area contributed by atoms with Gasteiger partial charge in [0.25, 0.3) is 0 Å². The van der Waals surface area contributed by atoms with Crippen LogP contribution >= 0.6 is 0 Å². The summed E-state index contributed by atoms with van der Waals surface area (Å²) in [6, 6.07) is 0.684. The van der Waals surface area contributed by atoms with Gasteiger partial charge < -0.3 is 5.32 Å². The lowest BCUT2D eigenvalue weighted by Crippen LogP contribution is -2.51. The van der Waals surface area contributed by atoms with Gasteiger partial charge in [0.15, 0.2) is 0 Å². The Bertz CT molecular complexity index is 197. The van der Waals surface area contributed by atoms with E-state index in [2.05, 4.69) is 10.2 Å². The lowest BCUT2D eigenvalue weighted by molar-refractivity contribution is -0.125. The summed E-state index contributed by atoms with van der Waals surface area (Å²) in [5.74, 6) is 0.209. The van der Waals surface area contributed by atoms with Crippen LogP contribution in [0.4, 0.5) is 0 Å². The smallest absolute Gasteiger partial charge is 0.234 e. The third kappa shape index (κ3) is 2.47. The summed E-state index contributed by atoms with van der Waals surface area (Å²) in [6.07, 6.45) is 8.07. The molecule has 2 fully saturated rings. The quantitative estimate of drug-likeness (QED) is 0.638. The number of nitrogens with zero attached hydrogens (tertiary/aromatic N) is 1. The maximum atomic E-state index is 11.2. The van der Waals surface area contributed by atoms with Crippen LogP contribution in [-0.4, -0.2) is 36.5 Å². The molecular weight excluding hydrogens is 176 g/mol. The molecule has 2 rings (SSSR count). The molecule has 0 aromatic heterocycles. The summed E-state index contributed by atoms with van der Waals surface area (Å²) in [7, 11) is 0. The van der Waals surface area contributed by atoms with E-state index in [0.29, 0.717) is 12.6 Å². The fourth-order valence-corrected chi connectivity index (χ4v) is 2.59. The molecule has 1 amide bonds. The Morgan fingerprint density at radius 3 is 2.50 bits per heavy atom. The van der Waals surface area contributed by atoms with Gasteiger partial charge in [-0.25, -0.2) is 0 Å². The number of rotatable bonds is 1. The van der Waals surface area contributed by atoms with Crippen LogP contribution in [0.15, 0.2) is 0 Å². The minimum atomic E-state index is 0.209. The molecule has 14 heavy (non-hydrogen) atoms. The van der Waals surface area contributed by atoms with Crippen molar-refractivity contribution in [1.29, 1.82) is 0 Å². The van der Waals surface area contributed by atoms with Crippen LogP contribution in [0.1, 0.15) is 38.5 Å². The molecule has 1 saturated heterocycles.